The lowest BCUT2D eigenvalue weighted by Crippen LogP contribution is -1.98. The van der Waals surface area contributed by atoms with Crippen LogP contribution in [0.1, 0.15) is 6.92 Å². The van der Waals surface area contributed by atoms with Crippen molar-refractivity contribution < 1.29 is 14.2 Å². The Bertz CT molecular complexity index is 605. The zero-order valence-corrected chi connectivity index (χ0v) is 12.3. The third kappa shape index (κ3) is 3.11. The summed E-state index contributed by atoms with van der Waals surface area (Å²) in [6, 6.07) is 7.01. The zero-order valence-electron chi connectivity index (χ0n) is 11.5. The van der Waals surface area contributed by atoms with Gasteiger partial charge in [-0.15, -0.1) is 0 Å². The van der Waals surface area contributed by atoms with Crippen molar-refractivity contribution in [1.82, 2.24) is 9.97 Å². The summed E-state index contributed by atoms with van der Waals surface area (Å²) in [7, 11) is 3.12. The molecule has 1 aromatic heterocycles. The molecule has 20 heavy (non-hydrogen) atoms. The van der Waals surface area contributed by atoms with Gasteiger partial charge in [0.25, 0.3) is 0 Å². The lowest BCUT2D eigenvalue weighted by atomic mass is 10.2. The molecule has 0 unspecified atom stereocenters. The molecule has 0 saturated carbocycles. The number of ether oxygens (including phenoxy) is 3. The van der Waals surface area contributed by atoms with Crippen molar-refractivity contribution in [1.29, 1.82) is 0 Å². The van der Waals surface area contributed by atoms with E-state index in [0.717, 1.165) is 5.56 Å². The fourth-order valence-corrected chi connectivity index (χ4v) is 1.89. The minimum absolute atomic E-state index is 0.320. The summed E-state index contributed by atoms with van der Waals surface area (Å²) >= 11 is 5.95. The Hall–Kier alpha value is -2.01. The lowest BCUT2D eigenvalue weighted by molar-refractivity contribution is 0.311. The summed E-state index contributed by atoms with van der Waals surface area (Å²) in [6.45, 7) is 2.45. The topological polar surface area (TPSA) is 53.5 Å². The Morgan fingerprint density at radius 3 is 2.50 bits per heavy atom. The number of nitrogens with zero attached hydrogens (tertiary/aromatic N) is 2. The highest BCUT2D eigenvalue weighted by Crippen LogP contribution is 2.32. The SMILES string of the molecule is CCOc1cc(-c2nc(Cl)cc(OC)n2)ccc1OC. The van der Waals surface area contributed by atoms with E-state index in [0.29, 0.717) is 35.0 Å². The van der Waals surface area contributed by atoms with E-state index in [1.165, 1.54) is 7.11 Å². The molecule has 0 fully saturated rings. The molecular weight excluding hydrogens is 280 g/mol. The third-order valence-electron chi connectivity index (χ3n) is 2.60. The first-order chi connectivity index (χ1) is 9.67. The first-order valence-corrected chi connectivity index (χ1v) is 6.45. The summed E-state index contributed by atoms with van der Waals surface area (Å²) in [5.74, 6) is 2.17. The molecule has 106 valence electrons. The zero-order chi connectivity index (χ0) is 14.5. The molecule has 5 nitrogen and oxygen atoms in total. The molecule has 0 aliphatic carbocycles. The van der Waals surface area contributed by atoms with Crippen LogP contribution in [-0.2, 0) is 0 Å². The Morgan fingerprint density at radius 2 is 1.85 bits per heavy atom. The van der Waals surface area contributed by atoms with E-state index in [-0.39, 0.29) is 0 Å². The smallest absolute Gasteiger partial charge is 0.218 e. The van der Waals surface area contributed by atoms with Gasteiger partial charge in [-0.1, -0.05) is 11.6 Å². The number of rotatable bonds is 5. The largest absolute Gasteiger partial charge is 0.493 e. The maximum absolute atomic E-state index is 5.95. The monoisotopic (exact) mass is 294 g/mol. The van der Waals surface area contributed by atoms with Crippen molar-refractivity contribution in [2.45, 2.75) is 6.92 Å². The van der Waals surface area contributed by atoms with Gasteiger partial charge in [-0.2, -0.15) is 4.98 Å². The molecule has 0 bridgehead atoms. The van der Waals surface area contributed by atoms with Gasteiger partial charge >= 0.3 is 0 Å². The predicted octanol–water partition coefficient (Wildman–Crippen LogP) is 3.21. The van der Waals surface area contributed by atoms with Crippen LogP contribution in [0.2, 0.25) is 5.15 Å². The first kappa shape index (κ1) is 14.4. The Morgan fingerprint density at radius 1 is 1.05 bits per heavy atom. The van der Waals surface area contributed by atoms with Gasteiger partial charge in [0, 0.05) is 11.6 Å². The molecule has 0 radical (unpaired) electrons. The van der Waals surface area contributed by atoms with Crippen molar-refractivity contribution in [2.24, 2.45) is 0 Å². The number of methoxy groups -OCH3 is 2. The van der Waals surface area contributed by atoms with E-state index in [1.807, 2.05) is 19.1 Å². The van der Waals surface area contributed by atoms with E-state index in [4.69, 9.17) is 25.8 Å². The molecule has 0 saturated heterocycles. The predicted molar refractivity (Wildman–Crippen MR) is 76.8 cm³/mol. The normalized spacial score (nSPS) is 10.2. The Kier molecular flexibility index (Phi) is 4.63. The highest BCUT2D eigenvalue weighted by Gasteiger charge is 2.10. The van der Waals surface area contributed by atoms with Gasteiger partial charge in [0.15, 0.2) is 17.3 Å². The fraction of sp³-hybridized carbons (Fsp3) is 0.286. The lowest BCUT2D eigenvalue weighted by Gasteiger charge is -2.11. The van der Waals surface area contributed by atoms with Gasteiger partial charge < -0.3 is 14.2 Å². The highest BCUT2D eigenvalue weighted by molar-refractivity contribution is 6.29. The van der Waals surface area contributed by atoms with Crippen LogP contribution in [-0.4, -0.2) is 30.8 Å². The highest BCUT2D eigenvalue weighted by atomic mass is 35.5. The number of halogens is 1. The van der Waals surface area contributed by atoms with Crippen LogP contribution in [0.3, 0.4) is 0 Å². The van der Waals surface area contributed by atoms with E-state index in [9.17, 15) is 0 Å². The summed E-state index contributed by atoms with van der Waals surface area (Å²) in [5.41, 5.74) is 0.773. The minimum atomic E-state index is 0.320. The van der Waals surface area contributed by atoms with E-state index < -0.39 is 0 Å². The molecule has 1 heterocycles. The molecule has 0 N–H and O–H groups in total. The first-order valence-electron chi connectivity index (χ1n) is 6.07. The van der Waals surface area contributed by atoms with Crippen molar-refractivity contribution in [2.75, 3.05) is 20.8 Å². The summed E-state index contributed by atoms with van der Waals surface area (Å²) in [5, 5.41) is 0.320. The second-order valence-electron chi connectivity index (χ2n) is 3.86. The summed E-state index contributed by atoms with van der Waals surface area (Å²) in [6.07, 6.45) is 0. The Labute approximate surface area is 122 Å². The third-order valence-corrected chi connectivity index (χ3v) is 2.80. The molecule has 0 aliphatic heterocycles. The van der Waals surface area contributed by atoms with Crippen LogP contribution in [0.5, 0.6) is 17.4 Å². The van der Waals surface area contributed by atoms with E-state index >= 15 is 0 Å². The molecular formula is C14H15ClN2O3. The van der Waals surface area contributed by atoms with Gasteiger partial charge in [0.1, 0.15) is 5.15 Å². The van der Waals surface area contributed by atoms with Gasteiger partial charge in [-0.25, -0.2) is 4.98 Å². The summed E-state index contributed by atoms with van der Waals surface area (Å²) < 4.78 is 15.9. The maximum atomic E-state index is 5.95. The molecule has 0 spiro atoms. The minimum Gasteiger partial charge on any atom is -0.493 e. The quantitative estimate of drug-likeness (QED) is 0.793. The number of hydrogen-bond acceptors (Lipinski definition) is 5. The van der Waals surface area contributed by atoms with Crippen LogP contribution < -0.4 is 14.2 Å². The molecule has 2 rings (SSSR count). The maximum Gasteiger partial charge on any atom is 0.218 e. The second kappa shape index (κ2) is 6.43. The van der Waals surface area contributed by atoms with Crippen LogP contribution in [0.15, 0.2) is 24.3 Å². The van der Waals surface area contributed by atoms with E-state index in [1.54, 1.807) is 19.2 Å². The van der Waals surface area contributed by atoms with Crippen LogP contribution in [0, 0.1) is 0 Å². The van der Waals surface area contributed by atoms with Crippen LogP contribution in [0.4, 0.5) is 0 Å². The molecule has 6 heteroatoms. The molecule has 2 aromatic rings. The van der Waals surface area contributed by atoms with Crippen LogP contribution in [0.25, 0.3) is 11.4 Å². The molecule has 0 aliphatic rings. The van der Waals surface area contributed by atoms with Gasteiger partial charge in [-0.05, 0) is 25.1 Å². The number of benzene rings is 1. The van der Waals surface area contributed by atoms with Crippen molar-refractivity contribution in [3.63, 3.8) is 0 Å². The standard InChI is InChI=1S/C14H15ClN2O3/c1-4-20-11-7-9(5-6-10(11)18-2)14-16-12(15)8-13(17-14)19-3/h5-8H,4H2,1-3H3. The van der Waals surface area contributed by atoms with Crippen molar-refractivity contribution in [3.8, 4) is 28.8 Å². The molecule has 0 amide bonds. The average Bonchev–Trinajstić information content (AvgIpc) is 2.46. The second-order valence-corrected chi connectivity index (χ2v) is 4.24. The number of hydrogen-bond donors (Lipinski definition) is 0. The van der Waals surface area contributed by atoms with Gasteiger partial charge in [0.05, 0.1) is 20.8 Å². The molecule has 0 atom stereocenters. The van der Waals surface area contributed by atoms with Crippen LogP contribution >= 0.6 is 11.6 Å². The van der Waals surface area contributed by atoms with E-state index in [2.05, 4.69) is 9.97 Å². The summed E-state index contributed by atoms with van der Waals surface area (Å²) in [4.78, 5) is 8.45. The Balaban J connectivity index is 2.47. The van der Waals surface area contributed by atoms with Crippen molar-refractivity contribution >= 4 is 11.6 Å². The van der Waals surface area contributed by atoms with Gasteiger partial charge in [-0.3, -0.25) is 0 Å². The average molecular weight is 295 g/mol. The fourth-order valence-electron chi connectivity index (χ4n) is 1.71. The van der Waals surface area contributed by atoms with Gasteiger partial charge in [0.2, 0.25) is 5.88 Å². The molecule has 1 aromatic carbocycles. The number of aromatic nitrogens is 2. The van der Waals surface area contributed by atoms with Crippen molar-refractivity contribution in [3.05, 3.63) is 29.4 Å².